The van der Waals surface area contributed by atoms with Gasteiger partial charge in [-0.25, -0.2) is 14.8 Å². The Morgan fingerprint density at radius 3 is 2.24 bits per heavy atom. The lowest BCUT2D eigenvalue weighted by Crippen LogP contribution is -2.34. The smallest absolute Gasteiger partial charge is 0.338 e. The first-order valence-corrected chi connectivity index (χ1v) is 12.8. The van der Waals surface area contributed by atoms with Gasteiger partial charge in [-0.2, -0.15) is 0 Å². The van der Waals surface area contributed by atoms with Crippen LogP contribution in [-0.2, 0) is 20.7 Å². The normalized spacial score (nSPS) is 13.5. The number of carbonyl (C=O) groups excluding carboxylic acids is 3. The van der Waals surface area contributed by atoms with Crippen molar-refractivity contribution in [3.8, 4) is 0 Å². The number of esters is 1. The van der Waals surface area contributed by atoms with Crippen LogP contribution in [0.25, 0.3) is 0 Å². The van der Waals surface area contributed by atoms with Crippen molar-refractivity contribution in [1.29, 1.82) is 0 Å². The van der Waals surface area contributed by atoms with E-state index in [9.17, 15) is 14.4 Å². The molecule has 8 nitrogen and oxygen atoms in total. The molecule has 9 heteroatoms. The molecular weight excluding hydrogens is 488 g/mol. The molecular formula is C28H28N4O4S. The number of nitrogens with one attached hydrogen (secondary N) is 1. The van der Waals surface area contributed by atoms with Crippen molar-refractivity contribution >= 4 is 35.2 Å². The molecule has 4 rings (SSSR count). The Hall–Kier alpha value is -3.98. The van der Waals surface area contributed by atoms with E-state index in [-0.39, 0.29) is 23.3 Å². The second kappa shape index (κ2) is 11.4. The van der Waals surface area contributed by atoms with Crippen molar-refractivity contribution in [2.75, 3.05) is 11.9 Å². The molecule has 0 bridgehead atoms. The molecule has 0 saturated heterocycles. The highest BCUT2D eigenvalue weighted by Crippen LogP contribution is 2.34. The van der Waals surface area contributed by atoms with E-state index in [1.807, 2.05) is 50.2 Å². The molecule has 0 aliphatic carbocycles. The van der Waals surface area contributed by atoms with Gasteiger partial charge in [0.15, 0.2) is 5.16 Å². The Morgan fingerprint density at radius 2 is 1.62 bits per heavy atom. The molecule has 0 radical (unpaired) electrons. The monoisotopic (exact) mass is 516 g/mol. The number of amides is 2. The average Bonchev–Trinajstić information content (AvgIpc) is 3.06. The molecule has 1 aromatic heterocycles. The highest BCUT2D eigenvalue weighted by atomic mass is 32.2. The van der Waals surface area contributed by atoms with Crippen LogP contribution >= 0.6 is 11.8 Å². The second-order valence-electron chi connectivity index (χ2n) is 8.89. The first kappa shape index (κ1) is 26.1. The minimum atomic E-state index is -0.428. The standard InChI is InChI=1S/C28H28N4O4S/c1-17(2)36-27(35)21-10-12-22(13-11-21)31-23-24(37-28-29-18(3)16-19(4)30-28)26(34)32(25(23)33)15-14-20-8-6-5-7-9-20/h5-13,16-17,31H,14-15H2,1-4H3. The van der Waals surface area contributed by atoms with E-state index >= 15 is 0 Å². The highest BCUT2D eigenvalue weighted by Gasteiger charge is 2.39. The number of benzene rings is 2. The molecule has 1 aliphatic rings. The third-order valence-corrected chi connectivity index (χ3v) is 6.43. The molecule has 0 saturated carbocycles. The van der Waals surface area contributed by atoms with Crippen LogP contribution in [0.2, 0.25) is 0 Å². The first-order valence-electron chi connectivity index (χ1n) is 11.9. The fourth-order valence-corrected chi connectivity index (χ4v) is 4.79. The van der Waals surface area contributed by atoms with Gasteiger partial charge in [0, 0.05) is 23.6 Å². The maximum Gasteiger partial charge on any atom is 0.338 e. The number of ether oxygens (including phenoxy) is 1. The summed E-state index contributed by atoms with van der Waals surface area (Å²) in [5.41, 5.74) is 3.67. The van der Waals surface area contributed by atoms with Gasteiger partial charge in [-0.1, -0.05) is 30.3 Å². The van der Waals surface area contributed by atoms with Crippen molar-refractivity contribution in [2.45, 2.75) is 45.4 Å². The van der Waals surface area contributed by atoms with Gasteiger partial charge in [0.25, 0.3) is 11.8 Å². The van der Waals surface area contributed by atoms with Crippen molar-refractivity contribution in [3.05, 3.63) is 93.8 Å². The van der Waals surface area contributed by atoms with E-state index in [2.05, 4.69) is 15.3 Å². The number of rotatable bonds is 9. The van der Waals surface area contributed by atoms with E-state index in [1.54, 1.807) is 38.1 Å². The second-order valence-corrected chi connectivity index (χ2v) is 9.87. The maximum absolute atomic E-state index is 13.4. The van der Waals surface area contributed by atoms with Gasteiger partial charge < -0.3 is 10.1 Å². The largest absolute Gasteiger partial charge is 0.459 e. The zero-order valence-electron chi connectivity index (χ0n) is 21.1. The lowest BCUT2D eigenvalue weighted by Gasteiger charge is -2.15. The molecule has 1 N–H and O–H groups in total. The number of hydrogen-bond donors (Lipinski definition) is 1. The number of anilines is 1. The van der Waals surface area contributed by atoms with Crippen molar-refractivity contribution < 1.29 is 19.1 Å². The fourth-order valence-electron chi connectivity index (χ4n) is 3.79. The predicted molar refractivity (Wildman–Crippen MR) is 142 cm³/mol. The number of nitrogens with zero attached hydrogens (tertiary/aromatic N) is 3. The van der Waals surface area contributed by atoms with Crippen molar-refractivity contribution in [3.63, 3.8) is 0 Å². The Balaban J connectivity index is 1.60. The quantitative estimate of drug-likeness (QED) is 0.248. The molecule has 3 aromatic rings. The van der Waals surface area contributed by atoms with E-state index in [1.165, 1.54) is 4.90 Å². The summed E-state index contributed by atoms with van der Waals surface area (Å²) in [5.74, 6) is -1.24. The van der Waals surface area contributed by atoms with Crippen LogP contribution in [0.4, 0.5) is 5.69 Å². The van der Waals surface area contributed by atoms with Crippen LogP contribution in [0.1, 0.15) is 41.2 Å². The fraction of sp³-hybridized carbons (Fsp3) is 0.250. The van der Waals surface area contributed by atoms with Crippen LogP contribution in [0.5, 0.6) is 0 Å². The van der Waals surface area contributed by atoms with Crippen LogP contribution in [0.15, 0.2) is 76.4 Å². The lowest BCUT2D eigenvalue weighted by atomic mass is 10.1. The molecule has 0 spiro atoms. The summed E-state index contributed by atoms with van der Waals surface area (Å²) >= 11 is 1.07. The SMILES string of the molecule is Cc1cc(C)nc(SC2=C(Nc3ccc(C(=O)OC(C)C)cc3)C(=O)N(CCc3ccccc3)C2=O)n1. The molecule has 1 aliphatic heterocycles. The van der Waals surface area contributed by atoms with Gasteiger partial charge in [-0.3, -0.25) is 14.5 Å². The molecule has 0 atom stereocenters. The van der Waals surface area contributed by atoms with Crippen LogP contribution in [-0.4, -0.2) is 45.3 Å². The number of aryl methyl sites for hydroxylation is 2. The Kier molecular flexibility index (Phi) is 8.03. The summed E-state index contributed by atoms with van der Waals surface area (Å²) in [5, 5.41) is 3.49. The number of imide groups is 1. The van der Waals surface area contributed by atoms with Gasteiger partial charge in [0.1, 0.15) is 10.6 Å². The lowest BCUT2D eigenvalue weighted by molar-refractivity contribution is -0.137. The van der Waals surface area contributed by atoms with Crippen molar-refractivity contribution in [1.82, 2.24) is 14.9 Å². The van der Waals surface area contributed by atoms with Gasteiger partial charge in [0.05, 0.1) is 11.7 Å². The third-order valence-electron chi connectivity index (χ3n) is 5.48. The third kappa shape index (κ3) is 6.42. The minimum absolute atomic E-state index is 0.156. The van der Waals surface area contributed by atoms with Crippen molar-refractivity contribution in [2.24, 2.45) is 0 Å². The van der Waals surface area contributed by atoms with Gasteiger partial charge >= 0.3 is 5.97 Å². The molecule has 2 heterocycles. The first-order chi connectivity index (χ1) is 17.7. The molecule has 37 heavy (non-hydrogen) atoms. The van der Waals surface area contributed by atoms with E-state index in [0.29, 0.717) is 22.8 Å². The van der Waals surface area contributed by atoms with Crippen LogP contribution < -0.4 is 5.32 Å². The maximum atomic E-state index is 13.4. The number of hydrogen-bond acceptors (Lipinski definition) is 8. The van der Waals surface area contributed by atoms with E-state index < -0.39 is 17.8 Å². The molecule has 0 unspecified atom stereocenters. The number of thioether (sulfide) groups is 1. The Labute approximate surface area is 220 Å². The van der Waals surface area contributed by atoms with Crippen LogP contribution in [0.3, 0.4) is 0 Å². The minimum Gasteiger partial charge on any atom is -0.459 e. The summed E-state index contributed by atoms with van der Waals surface area (Å²) in [4.78, 5) is 49.4. The zero-order chi connectivity index (χ0) is 26.5. The van der Waals surface area contributed by atoms with Gasteiger partial charge in [-0.15, -0.1) is 0 Å². The molecule has 190 valence electrons. The molecule has 2 amide bonds. The summed E-state index contributed by atoms with van der Waals surface area (Å²) in [6, 6.07) is 18.1. The Morgan fingerprint density at radius 1 is 0.973 bits per heavy atom. The van der Waals surface area contributed by atoms with E-state index in [0.717, 1.165) is 28.7 Å². The average molecular weight is 517 g/mol. The molecule has 2 aromatic carbocycles. The topological polar surface area (TPSA) is 101 Å². The molecule has 0 fully saturated rings. The summed E-state index contributed by atoms with van der Waals surface area (Å²) in [6.07, 6.45) is 0.308. The highest BCUT2D eigenvalue weighted by molar-refractivity contribution is 8.04. The zero-order valence-corrected chi connectivity index (χ0v) is 22.0. The Bertz CT molecular complexity index is 1330. The summed E-state index contributed by atoms with van der Waals surface area (Å²) < 4.78 is 5.23. The number of carbonyl (C=O) groups is 3. The summed E-state index contributed by atoms with van der Waals surface area (Å²) in [6.45, 7) is 7.51. The van der Waals surface area contributed by atoms with E-state index in [4.69, 9.17) is 4.74 Å². The summed E-state index contributed by atoms with van der Waals surface area (Å²) in [7, 11) is 0. The van der Waals surface area contributed by atoms with Crippen LogP contribution in [0, 0.1) is 13.8 Å². The predicted octanol–water partition coefficient (Wildman–Crippen LogP) is 4.69. The van der Waals surface area contributed by atoms with Gasteiger partial charge in [-0.05, 0) is 81.8 Å². The van der Waals surface area contributed by atoms with Gasteiger partial charge in [0.2, 0.25) is 0 Å². The number of aromatic nitrogens is 2.